The molecule has 1 amide bonds. The molecule has 1 N–H and O–H groups in total. The first-order chi connectivity index (χ1) is 14.3. The molecule has 3 rings (SSSR count). The summed E-state index contributed by atoms with van der Waals surface area (Å²) >= 11 is 0. The van der Waals surface area contributed by atoms with Crippen molar-refractivity contribution in [2.75, 3.05) is 23.3 Å². The van der Waals surface area contributed by atoms with E-state index < -0.39 is 15.9 Å². The molecule has 0 atom stereocenters. The van der Waals surface area contributed by atoms with E-state index in [1.54, 1.807) is 42.5 Å². The number of methoxy groups -OCH3 is 1. The van der Waals surface area contributed by atoms with E-state index >= 15 is 0 Å². The molecule has 0 bridgehead atoms. The number of hydrogen-bond donors (Lipinski definition) is 1. The van der Waals surface area contributed by atoms with E-state index in [2.05, 4.69) is 5.32 Å². The highest BCUT2D eigenvalue weighted by Gasteiger charge is 2.27. The van der Waals surface area contributed by atoms with Gasteiger partial charge in [0.2, 0.25) is 5.91 Å². The number of ether oxygens (including phenoxy) is 1. The molecule has 0 radical (unpaired) electrons. The zero-order valence-electron chi connectivity index (χ0n) is 17.1. The van der Waals surface area contributed by atoms with Crippen molar-refractivity contribution in [3.8, 4) is 5.75 Å². The third-order valence-corrected chi connectivity index (χ3v) is 6.33. The van der Waals surface area contributed by atoms with Crippen molar-refractivity contribution >= 4 is 27.3 Å². The van der Waals surface area contributed by atoms with Crippen molar-refractivity contribution in [2.24, 2.45) is 0 Å². The van der Waals surface area contributed by atoms with Crippen LogP contribution < -0.4 is 14.4 Å². The van der Waals surface area contributed by atoms with Crippen molar-refractivity contribution in [1.82, 2.24) is 0 Å². The fourth-order valence-electron chi connectivity index (χ4n) is 2.97. The lowest BCUT2D eigenvalue weighted by molar-refractivity contribution is -0.114. The van der Waals surface area contributed by atoms with Crippen LogP contribution in [0.2, 0.25) is 0 Å². The summed E-state index contributed by atoms with van der Waals surface area (Å²) in [4.78, 5) is 12.9. The molecule has 0 fully saturated rings. The van der Waals surface area contributed by atoms with Gasteiger partial charge in [0.1, 0.15) is 12.3 Å². The number of nitrogens with one attached hydrogen (secondary N) is 1. The summed E-state index contributed by atoms with van der Waals surface area (Å²) in [5.74, 6) is 0.0507. The molecule has 0 aromatic heterocycles. The van der Waals surface area contributed by atoms with Gasteiger partial charge in [0.15, 0.2) is 0 Å². The second-order valence-corrected chi connectivity index (χ2v) is 8.81. The first kappa shape index (κ1) is 21.4. The minimum Gasteiger partial charge on any atom is -0.497 e. The van der Waals surface area contributed by atoms with Crippen LogP contribution >= 0.6 is 0 Å². The van der Waals surface area contributed by atoms with Gasteiger partial charge in [-0.25, -0.2) is 8.42 Å². The predicted octanol–water partition coefficient (Wildman–Crippen LogP) is 4.15. The highest BCUT2D eigenvalue weighted by molar-refractivity contribution is 7.92. The molecule has 30 heavy (non-hydrogen) atoms. The number of aryl methyl sites for hydroxylation is 2. The maximum absolute atomic E-state index is 13.4. The van der Waals surface area contributed by atoms with Gasteiger partial charge in [-0.1, -0.05) is 35.9 Å². The van der Waals surface area contributed by atoms with Crippen molar-refractivity contribution in [3.05, 3.63) is 83.9 Å². The second kappa shape index (κ2) is 9.00. The normalized spacial score (nSPS) is 11.0. The van der Waals surface area contributed by atoms with Gasteiger partial charge in [-0.15, -0.1) is 0 Å². The van der Waals surface area contributed by atoms with Crippen molar-refractivity contribution in [1.29, 1.82) is 0 Å². The van der Waals surface area contributed by atoms with Crippen LogP contribution in [-0.4, -0.2) is 28.0 Å². The molecular weight excluding hydrogens is 400 g/mol. The third kappa shape index (κ3) is 4.99. The van der Waals surface area contributed by atoms with Crippen molar-refractivity contribution < 1.29 is 17.9 Å². The Bertz CT molecular complexity index is 1140. The van der Waals surface area contributed by atoms with Gasteiger partial charge in [-0.3, -0.25) is 9.10 Å². The number of amides is 1. The highest BCUT2D eigenvalue weighted by Crippen LogP contribution is 2.27. The van der Waals surface area contributed by atoms with Gasteiger partial charge < -0.3 is 10.1 Å². The molecular formula is C23H24N2O4S. The molecule has 0 aliphatic heterocycles. The van der Waals surface area contributed by atoms with Gasteiger partial charge in [0.05, 0.1) is 17.7 Å². The summed E-state index contributed by atoms with van der Waals surface area (Å²) in [6, 6.07) is 20.5. The number of carbonyl (C=O) groups is 1. The van der Waals surface area contributed by atoms with E-state index in [0.717, 1.165) is 15.4 Å². The van der Waals surface area contributed by atoms with E-state index in [1.165, 1.54) is 19.2 Å². The highest BCUT2D eigenvalue weighted by atomic mass is 32.2. The average molecular weight is 425 g/mol. The van der Waals surface area contributed by atoms with Crippen LogP contribution in [0.5, 0.6) is 5.75 Å². The Morgan fingerprint density at radius 1 is 0.933 bits per heavy atom. The zero-order valence-corrected chi connectivity index (χ0v) is 17.9. The second-order valence-electron chi connectivity index (χ2n) is 6.94. The Kier molecular flexibility index (Phi) is 6.42. The summed E-state index contributed by atoms with van der Waals surface area (Å²) in [5, 5.41) is 2.77. The largest absolute Gasteiger partial charge is 0.497 e. The summed E-state index contributed by atoms with van der Waals surface area (Å²) < 4.78 is 33.1. The molecule has 6 nitrogen and oxygen atoms in total. The molecule has 156 valence electrons. The number of sulfonamides is 1. The molecule has 3 aromatic carbocycles. The van der Waals surface area contributed by atoms with Gasteiger partial charge in [-0.05, 0) is 55.8 Å². The maximum atomic E-state index is 13.4. The predicted molar refractivity (Wildman–Crippen MR) is 119 cm³/mol. The molecule has 3 aromatic rings. The lowest BCUT2D eigenvalue weighted by Crippen LogP contribution is -2.38. The molecule has 0 aliphatic rings. The Hall–Kier alpha value is -3.32. The topological polar surface area (TPSA) is 75.7 Å². The molecule has 0 saturated heterocycles. The monoisotopic (exact) mass is 424 g/mol. The first-order valence-electron chi connectivity index (χ1n) is 9.39. The lowest BCUT2D eigenvalue weighted by atomic mass is 10.2. The number of hydrogen-bond acceptors (Lipinski definition) is 4. The van der Waals surface area contributed by atoms with E-state index in [0.29, 0.717) is 17.1 Å². The average Bonchev–Trinajstić information content (AvgIpc) is 2.72. The fraction of sp³-hybridized carbons (Fsp3) is 0.174. The molecule has 0 unspecified atom stereocenters. The standard InChI is InChI=1S/C23H24N2O4S/c1-17-10-12-22(13-11-17)30(27,28)25(20-8-5-9-21(15-20)29-3)16-23(26)24-19-7-4-6-18(2)14-19/h4-15H,16H2,1-3H3,(H,24,26). The molecule has 0 aliphatic carbocycles. The number of rotatable bonds is 7. The summed E-state index contributed by atoms with van der Waals surface area (Å²) in [7, 11) is -2.47. The molecule has 7 heteroatoms. The number of nitrogens with zero attached hydrogens (tertiary/aromatic N) is 1. The first-order valence-corrected chi connectivity index (χ1v) is 10.8. The summed E-state index contributed by atoms with van der Waals surface area (Å²) in [5.41, 5.74) is 2.89. The Morgan fingerprint density at radius 2 is 1.63 bits per heavy atom. The SMILES string of the molecule is COc1cccc(N(CC(=O)Nc2cccc(C)c2)S(=O)(=O)c2ccc(C)cc2)c1. The van der Waals surface area contributed by atoms with Crippen LogP contribution in [0.1, 0.15) is 11.1 Å². The summed E-state index contributed by atoms with van der Waals surface area (Å²) in [6.07, 6.45) is 0. The van der Waals surface area contributed by atoms with E-state index in [-0.39, 0.29) is 11.4 Å². The van der Waals surface area contributed by atoms with E-state index in [9.17, 15) is 13.2 Å². The third-order valence-electron chi connectivity index (χ3n) is 4.54. The van der Waals surface area contributed by atoms with Crippen LogP contribution in [0.25, 0.3) is 0 Å². The van der Waals surface area contributed by atoms with Gasteiger partial charge in [0, 0.05) is 11.8 Å². The molecule has 0 heterocycles. The Morgan fingerprint density at radius 3 is 2.30 bits per heavy atom. The Labute approximate surface area is 177 Å². The lowest BCUT2D eigenvalue weighted by Gasteiger charge is -2.24. The molecule has 0 saturated carbocycles. The quantitative estimate of drug-likeness (QED) is 0.618. The van der Waals surface area contributed by atoms with Crippen LogP contribution in [0, 0.1) is 13.8 Å². The van der Waals surface area contributed by atoms with Crippen LogP contribution in [0.15, 0.2) is 77.7 Å². The zero-order chi connectivity index (χ0) is 21.7. The van der Waals surface area contributed by atoms with E-state index in [1.807, 2.05) is 32.0 Å². The number of anilines is 2. The van der Waals surface area contributed by atoms with Gasteiger partial charge in [0.25, 0.3) is 10.0 Å². The summed E-state index contributed by atoms with van der Waals surface area (Å²) in [6.45, 7) is 3.42. The van der Waals surface area contributed by atoms with Gasteiger partial charge in [-0.2, -0.15) is 0 Å². The van der Waals surface area contributed by atoms with Crippen molar-refractivity contribution in [3.63, 3.8) is 0 Å². The van der Waals surface area contributed by atoms with Crippen LogP contribution in [0.3, 0.4) is 0 Å². The molecule has 0 spiro atoms. The number of benzene rings is 3. The van der Waals surface area contributed by atoms with Crippen LogP contribution in [0.4, 0.5) is 11.4 Å². The van der Waals surface area contributed by atoms with Crippen LogP contribution in [-0.2, 0) is 14.8 Å². The fourth-order valence-corrected chi connectivity index (χ4v) is 4.38. The van der Waals surface area contributed by atoms with E-state index in [4.69, 9.17) is 4.74 Å². The minimum absolute atomic E-state index is 0.110. The minimum atomic E-state index is -3.97. The van der Waals surface area contributed by atoms with Crippen molar-refractivity contribution in [2.45, 2.75) is 18.7 Å². The van der Waals surface area contributed by atoms with Gasteiger partial charge >= 0.3 is 0 Å². The smallest absolute Gasteiger partial charge is 0.264 e. The Balaban J connectivity index is 1.96. The maximum Gasteiger partial charge on any atom is 0.264 e. The number of carbonyl (C=O) groups excluding carboxylic acids is 1.